The Morgan fingerprint density at radius 1 is 1.10 bits per heavy atom. The van der Waals surface area contributed by atoms with Gasteiger partial charge in [-0.3, -0.25) is 0 Å². The van der Waals surface area contributed by atoms with Crippen LogP contribution in [0.15, 0.2) is 66.8 Å². The first-order valence-electron chi connectivity index (χ1n) is 10.2. The molecule has 2 aliphatic rings. The molecule has 8 heteroatoms. The largest absolute Gasteiger partial charge is 0.147 e. The summed E-state index contributed by atoms with van der Waals surface area (Å²) in [4.78, 5) is 0. The summed E-state index contributed by atoms with van der Waals surface area (Å²) in [6.45, 7) is 19.0. The minimum atomic E-state index is -2.97. The van der Waals surface area contributed by atoms with E-state index in [2.05, 4.69) is 93.7 Å². The third-order valence-corrected chi connectivity index (χ3v) is 35.4. The first-order chi connectivity index (χ1) is 13.2. The van der Waals surface area contributed by atoms with E-state index in [1.807, 2.05) is 6.92 Å². The molecule has 0 radical (unpaired) electrons. The standard InChI is InChI=1S/C9H17Si.2C5H5.C4H10N.4ClH.Ti.Zr/c1-8(2)6-9(3)7-10(4)5;2*1-2-4-5-3-1;1-4(2,3)5;;;;;;/h6H,1,7H2,2-5H3;2*1-3H,4H2;5H,1-3H3;4*1H;;/q;;;-1;;;;;+3;/p-2. The van der Waals surface area contributed by atoms with Crippen LogP contribution in [0.25, 0.3) is 0 Å². The molecule has 1 nitrogen and oxygen atoms in total. The normalized spacial score (nSPS) is 15.8. The van der Waals surface area contributed by atoms with Crippen LogP contribution >= 0.6 is 43.4 Å². The first-order valence-corrected chi connectivity index (χ1v) is 23.3. The molecule has 0 heterocycles. The predicted octanol–water partition coefficient (Wildman–Crippen LogP) is 9.08. The Balaban J connectivity index is 0. The van der Waals surface area contributed by atoms with E-state index in [0.717, 1.165) is 11.6 Å². The Morgan fingerprint density at radius 2 is 1.55 bits per heavy atom. The molecule has 0 fully saturated rings. The fourth-order valence-corrected chi connectivity index (χ4v) is 19.2. The molecule has 0 aromatic rings. The van der Waals surface area contributed by atoms with Crippen molar-refractivity contribution in [2.24, 2.45) is 0 Å². The van der Waals surface area contributed by atoms with E-state index >= 15 is 0 Å². The van der Waals surface area contributed by atoms with Crippen LogP contribution in [0.3, 0.4) is 0 Å². The summed E-state index contributed by atoms with van der Waals surface area (Å²) in [6, 6.07) is 1.04. The van der Waals surface area contributed by atoms with Crippen molar-refractivity contribution in [2.75, 3.05) is 0 Å². The van der Waals surface area contributed by atoms with Crippen LogP contribution in [0, 0.1) is 0 Å². The van der Waals surface area contributed by atoms with Gasteiger partial charge in [-0.2, -0.15) is 0 Å². The van der Waals surface area contributed by atoms with Crippen LogP contribution in [0.4, 0.5) is 0 Å². The van der Waals surface area contributed by atoms with Crippen molar-refractivity contribution in [2.45, 2.75) is 72.1 Å². The molecular weight excluding hydrogens is 599 g/mol. The van der Waals surface area contributed by atoms with Crippen molar-refractivity contribution in [1.82, 2.24) is 3.80 Å². The molecule has 0 aliphatic heterocycles. The number of rotatable bonds is 7. The van der Waals surface area contributed by atoms with Gasteiger partial charge in [-0.25, -0.2) is 0 Å². The Morgan fingerprint density at radius 3 is 1.87 bits per heavy atom. The molecule has 0 saturated carbocycles. The van der Waals surface area contributed by atoms with Crippen molar-refractivity contribution in [1.29, 1.82) is 0 Å². The zero-order valence-corrected chi connectivity index (χ0v) is 28.1. The molecule has 176 valence electrons. The number of nitrogens with one attached hydrogen (secondary N) is 1. The number of hydrogen-bond acceptors (Lipinski definition) is 1. The zero-order valence-electron chi connectivity index (χ0n) is 19.9. The van der Waals surface area contributed by atoms with Gasteiger partial charge in [0.05, 0.1) is 0 Å². The van der Waals surface area contributed by atoms with Gasteiger partial charge in [0.15, 0.2) is 0 Å². The van der Waals surface area contributed by atoms with Gasteiger partial charge in [0.2, 0.25) is 0 Å². The quantitative estimate of drug-likeness (QED) is 0.217. The van der Waals surface area contributed by atoms with Crippen LogP contribution in [-0.4, -0.2) is 11.5 Å². The molecule has 0 saturated heterocycles. The van der Waals surface area contributed by atoms with Gasteiger partial charge >= 0.3 is 205 Å². The fourth-order valence-electron chi connectivity index (χ4n) is 3.21. The second-order valence-electron chi connectivity index (χ2n) is 9.62. The van der Waals surface area contributed by atoms with Crippen LogP contribution < -0.4 is 3.80 Å². The minimum Gasteiger partial charge on any atom is -0.147 e. The Labute approximate surface area is 227 Å². The molecule has 2 rings (SSSR count). The van der Waals surface area contributed by atoms with E-state index in [-0.39, 0.29) is 53.6 Å². The molecule has 1 N–H and O–H groups in total. The van der Waals surface area contributed by atoms with Gasteiger partial charge < -0.3 is 0 Å². The van der Waals surface area contributed by atoms with Gasteiger partial charge in [-0.1, -0.05) is 0 Å². The first kappa shape index (κ1) is 34.5. The molecule has 2 aliphatic carbocycles. The molecule has 0 atom stereocenters. The predicted molar refractivity (Wildman–Crippen MR) is 144 cm³/mol. The van der Waals surface area contributed by atoms with Crippen molar-refractivity contribution in [3.8, 4) is 0 Å². The maximum atomic E-state index is 6.75. The number of allylic oxidation sites excluding steroid dienone is 11. The third-order valence-electron chi connectivity index (χ3n) is 4.46. The van der Waals surface area contributed by atoms with Gasteiger partial charge in [0.25, 0.3) is 0 Å². The number of hydrogen-bond donors (Lipinski definition) is 1. The molecule has 0 amide bonds. The second kappa shape index (κ2) is 15.4. The molecule has 0 spiro atoms. The molecule has 0 aromatic heterocycles. The maximum absolute atomic E-state index is 6.75. The van der Waals surface area contributed by atoms with Gasteiger partial charge in [-0.15, -0.1) is 24.8 Å². The number of halogens is 4. The summed E-state index contributed by atoms with van der Waals surface area (Å²) in [6.07, 6.45) is 18.2. The van der Waals surface area contributed by atoms with E-state index in [4.69, 9.17) is 18.6 Å². The van der Waals surface area contributed by atoms with Crippen molar-refractivity contribution >= 4 is 49.4 Å². The van der Waals surface area contributed by atoms with E-state index in [1.54, 1.807) is 6.56 Å². The van der Waals surface area contributed by atoms with Crippen molar-refractivity contribution < 1.29 is 37.2 Å². The summed E-state index contributed by atoms with van der Waals surface area (Å²) < 4.78 is 6.98. The smallest absolute Gasteiger partial charge is 0.147 e. The van der Waals surface area contributed by atoms with Crippen LogP contribution in [0.5, 0.6) is 0 Å². The topological polar surface area (TPSA) is 12.0 Å². The van der Waals surface area contributed by atoms with E-state index in [0.29, 0.717) is 0 Å². The Bertz CT molecular complexity index is 719. The maximum Gasteiger partial charge on any atom is -0.147 e. The Kier molecular flexibility index (Phi) is 17.1. The van der Waals surface area contributed by atoms with Gasteiger partial charge in [-0.05, 0) is 0 Å². The van der Waals surface area contributed by atoms with Crippen LogP contribution in [0.1, 0.15) is 47.5 Å². The van der Waals surface area contributed by atoms with E-state index in [1.165, 1.54) is 18.4 Å². The minimum absolute atomic E-state index is 0. The summed E-state index contributed by atoms with van der Waals surface area (Å²) in [5.74, 6) is -1.67. The summed E-state index contributed by atoms with van der Waals surface area (Å²) in [5.41, 5.74) is 2.41. The van der Waals surface area contributed by atoms with Crippen LogP contribution in [0.2, 0.25) is 19.1 Å². The average Bonchev–Trinajstić information content (AvgIpc) is 3.18. The molecule has 0 unspecified atom stereocenters. The van der Waals surface area contributed by atoms with Crippen molar-refractivity contribution in [3.63, 3.8) is 0 Å². The van der Waals surface area contributed by atoms with Gasteiger partial charge in [0.1, 0.15) is 0 Å². The second-order valence-corrected chi connectivity index (χ2v) is 37.2. The zero-order chi connectivity index (χ0) is 22.3. The summed E-state index contributed by atoms with van der Waals surface area (Å²) in [7, 11) is 13.5. The molecular formula is C23H39Cl4NSiTiZr. The molecule has 0 aromatic carbocycles. The Hall–Kier alpha value is 1.37. The molecule has 0 bridgehead atoms. The monoisotopic (exact) mass is 635 g/mol. The average molecular weight is 639 g/mol. The van der Waals surface area contributed by atoms with E-state index < -0.39 is 19.9 Å². The summed E-state index contributed by atoms with van der Waals surface area (Å²) in [5, 5.41) is 0. The summed E-state index contributed by atoms with van der Waals surface area (Å²) >= 11 is -3.28. The van der Waals surface area contributed by atoms with Crippen LogP contribution in [-0.2, 0) is 37.2 Å². The van der Waals surface area contributed by atoms with Crippen molar-refractivity contribution in [3.05, 3.63) is 66.8 Å². The molecule has 31 heavy (non-hydrogen) atoms. The SMILES string of the molecule is C1=CC[C]([Zr][C]2=CC=CC2)=C1.C=C(C)C=C(C)C[Si](C)(C)[Ti]([Cl])([Cl])[NH]C(C)(C)C.Cl.Cl. The van der Waals surface area contributed by atoms with Gasteiger partial charge in [0, 0.05) is 0 Å². The third kappa shape index (κ3) is 14.4. The fraction of sp³-hybridized carbons (Fsp3) is 0.478. The van der Waals surface area contributed by atoms with E-state index in [9.17, 15) is 0 Å².